The number of rotatable bonds is 1. The molecular formula is C12H9BrO2. The van der Waals surface area contributed by atoms with Gasteiger partial charge in [-0.2, -0.15) is 0 Å². The molecule has 0 atom stereocenters. The highest BCUT2D eigenvalue weighted by molar-refractivity contribution is 9.10. The molecule has 0 saturated carbocycles. The van der Waals surface area contributed by atoms with E-state index >= 15 is 0 Å². The summed E-state index contributed by atoms with van der Waals surface area (Å²) in [6, 6.07) is 11.7. The number of fused-ring (bicyclic) bond motifs is 1. The molecule has 0 aliphatic carbocycles. The van der Waals surface area contributed by atoms with Gasteiger partial charge in [-0.1, -0.05) is 24.3 Å². The number of esters is 1. The summed E-state index contributed by atoms with van der Waals surface area (Å²) in [5.41, 5.74) is 0. The normalized spacial score (nSPS) is 10.3. The molecule has 0 aromatic heterocycles. The summed E-state index contributed by atoms with van der Waals surface area (Å²) >= 11 is 3.37. The van der Waals surface area contributed by atoms with Gasteiger partial charge >= 0.3 is 5.97 Å². The van der Waals surface area contributed by atoms with Gasteiger partial charge in [0.25, 0.3) is 0 Å². The Labute approximate surface area is 96.0 Å². The summed E-state index contributed by atoms with van der Waals surface area (Å²) in [4.78, 5) is 10.9. The van der Waals surface area contributed by atoms with Gasteiger partial charge in [0.1, 0.15) is 5.75 Å². The van der Waals surface area contributed by atoms with E-state index in [0.29, 0.717) is 5.75 Å². The monoisotopic (exact) mass is 264 g/mol. The molecule has 0 saturated heterocycles. The summed E-state index contributed by atoms with van der Waals surface area (Å²) in [5.74, 6) is 0.243. The molecule has 0 heterocycles. The van der Waals surface area contributed by atoms with E-state index in [2.05, 4.69) is 15.9 Å². The van der Waals surface area contributed by atoms with Crippen molar-refractivity contribution < 1.29 is 9.53 Å². The van der Waals surface area contributed by atoms with Crippen LogP contribution in [0.5, 0.6) is 5.75 Å². The van der Waals surface area contributed by atoms with E-state index in [9.17, 15) is 4.79 Å². The molecule has 0 unspecified atom stereocenters. The molecule has 2 nitrogen and oxygen atoms in total. The molecule has 15 heavy (non-hydrogen) atoms. The maximum atomic E-state index is 10.9. The first-order chi connectivity index (χ1) is 7.16. The molecule has 0 amide bonds. The van der Waals surface area contributed by atoms with Gasteiger partial charge in [-0.25, -0.2) is 0 Å². The highest BCUT2D eigenvalue weighted by atomic mass is 79.9. The molecule has 3 heteroatoms. The van der Waals surface area contributed by atoms with Crippen LogP contribution in [0.2, 0.25) is 0 Å². The van der Waals surface area contributed by atoms with Crippen LogP contribution in [0.25, 0.3) is 10.8 Å². The van der Waals surface area contributed by atoms with Crippen LogP contribution in [0.1, 0.15) is 6.92 Å². The first kappa shape index (κ1) is 10.2. The molecular weight excluding hydrogens is 256 g/mol. The third-order valence-electron chi connectivity index (χ3n) is 2.05. The molecule has 0 bridgehead atoms. The van der Waals surface area contributed by atoms with Crippen LogP contribution in [0.3, 0.4) is 0 Å². The van der Waals surface area contributed by atoms with Gasteiger partial charge in [0, 0.05) is 6.92 Å². The summed E-state index contributed by atoms with van der Waals surface area (Å²) in [5, 5.41) is 2.16. The third-order valence-corrected chi connectivity index (χ3v) is 2.67. The number of ether oxygens (including phenoxy) is 1. The average Bonchev–Trinajstić information content (AvgIpc) is 2.18. The summed E-state index contributed by atoms with van der Waals surface area (Å²) in [6.45, 7) is 1.39. The molecule has 0 aliphatic heterocycles. The van der Waals surface area contributed by atoms with Gasteiger partial charge in [-0.15, -0.1) is 0 Å². The van der Waals surface area contributed by atoms with Gasteiger partial charge in [-0.05, 0) is 38.8 Å². The predicted molar refractivity (Wildman–Crippen MR) is 63.0 cm³/mol. The van der Waals surface area contributed by atoms with Crippen molar-refractivity contribution in [1.82, 2.24) is 0 Å². The summed E-state index contributed by atoms with van der Waals surface area (Å²) in [6.07, 6.45) is 0. The average molecular weight is 265 g/mol. The fraction of sp³-hybridized carbons (Fsp3) is 0.0833. The van der Waals surface area contributed by atoms with E-state index in [1.165, 1.54) is 6.92 Å². The third kappa shape index (κ3) is 2.18. The van der Waals surface area contributed by atoms with E-state index in [1.807, 2.05) is 36.4 Å². The number of benzene rings is 2. The van der Waals surface area contributed by atoms with E-state index < -0.39 is 0 Å². The molecule has 2 rings (SSSR count). The summed E-state index contributed by atoms with van der Waals surface area (Å²) < 4.78 is 5.86. The Balaban J connectivity index is 2.56. The number of carbonyl (C=O) groups excluding carboxylic acids is 1. The second-order valence-corrected chi connectivity index (χ2v) is 4.08. The molecule has 2 aromatic rings. The van der Waals surface area contributed by atoms with Crippen molar-refractivity contribution in [3.05, 3.63) is 40.9 Å². The molecule has 0 radical (unpaired) electrons. The number of halogens is 1. The van der Waals surface area contributed by atoms with Crippen LogP contribution < -0.4 is 4.74 Å². The largest absolute Gasteiger partial charge is 0.425 e. The Kier molecular flexibility index (Phi) is 2.73. The Morgan fingerprint density at radius 1 is 1.20 bits per heavy atom. The number of hydrogen-bond acceptors (Lipinski definition) is 2. The van der Waals surface area contributed by atoms with Crippen LogP contribution in [-0.4, -0.2) is 5.97 Å². The predicted octanol–water partition coefficient (Wildman–Crippen LogP) is 3.53. The van der Waals surface area contributed by atoms with Crippen LogP contribution in [-0.2, 0) is 4.79 Å². The van der Waals surface area contributed by atoms with Crippen LogP contribution in [0.15, 0.2) is 40.9 Å². The first-order valence-electron chi connectivity index (χ1n) is 4.53. The fourth-order valence-corrected chi connectivity index (χ4v) is 1.87. The maximum absolute atomic E-state index is 10.9. The van der Waals surface area contributed by atoms with Gasteiger partial charge in [0.15, 0.2) is 0 Å². The van der Waals surface area contributed by atoms with Crippen molar-refractivity contribution in [3.63, 3.8) is 0 Å². The standard InChI is InChI=1S/C12H9BrO2/c1-8(14)15-12-7-10-5-3-2-4-9(10)6-11(12)13/h2-7H,1H3. The fourth-order valence-electron chi connectivity index (χ4n) is 1.42. The van der Waals surface area contributed by atoms with Gasteiger partial charge in [0.2, 0.25) is 0 Å². The SMILES string of the molecule is CC(=O)Oc1cc2ccccc2cc1Br. The lowest BCUT2D eigenvalue weighted by Crippen LogP contribution is -2.01. The first-order valence-corrected chi connectivity index (χ1v) is 5.33. The van der Waals surface area contributed by atoms with E-state index in [-0.39, 0.29) is 5.97 Å². The Morgan fingerprint density at radius 3 is 2.40 bits per heavy atom. The van der Waals surface area contributed by atoms with Gasteiger partial charge < -0.3 is 4.74 Å². The quantitative estimate of drug-likeness (QED) is 0.582. The lowest BCUT2D eigenvalue weighted by molar-refractivity contribution is -0.131. The minimum absolute atomic E-state index is 0.314. The van der Waals surface area contributed by atoms with Crippen LogP contribution in [0.4, 0.5) is 0 Å². The van der Waals surface area contributed by atoms with Gasteiger partial charge in [0.05, 0.1) is 4.47 Å². The second kappa shape index (κ2) is 4.03. The summed E-state index contributed by atoms with van der Waals surface area (Å²) in [7, 11) is 0. The van der Waals surface area contributed by atoms with Crippen molar-refractivity contribution in [2.24, 2.45) is 0 Å². The Morgan fingerprint density at radius 2 is 1.80 bits per heavy atom. The van der Waals surface area contributed by atoms with Crippen LogP contribution in [0, 0.1) is 0 Å². The number of carbonyl (C=O) groups is 1. The lowest BCUT2D eigenvalue weighted by atomic mass is 10.1. The smallest absolute Gasteiger partial charge is 0.308 e. The minimum atomic E-state index is -0.314. The van der Waals surface area contributed by atoms with Crippen molar-refractivity contribution >= 4 is 32.7 Å². The van der Waals surface area contributed by atoms with E-state index in [0.717, 1.165) is 15.2 Å². The molecule has 0 aliphatic rings. The molecule has 2 aromatic carbocycles. The molecule has 0 spiro atoms. The Bertz CT molecular complexity index is 520. The van der Waals surface area contributed by atoms with Crippen molar-refractivity contribution in [2.45, 2.75) is 6.92 Å². The lowest BCUT2D eigenvalue weighted by Gasteiger charge is -2.05. The molecule has 76 valence electrons. The number of hydrogen-bond donors (Lipinski definition) is 0. The molecule has 0 N–H and O–H groups in total. The van der Waals surface area contributed by atoms with E-state index in [4.69, 9.17) is 4.74 Å². The maximum Gasteiger partial charge on any atom is 0.308 e. The van der Waals surface area contributed by atoms with Crippen molar-refractivity contribution in [2.75, 3.05) is 0 Å². The van der Waals surface area contributed by atoms with Crippen LogP contribution >= 0.6 is 15.9 Å². The van der Waals surface area contributed by atoms with Crippen molar-refractivity contribution in [3.8, 4) is 5.75 Å². The zero-order valence-corrected chi connectivity index (χ0v) is 9.74. The topological polar surface area (TPSA) is 26.3 Å². The highest BCUT2D eigenvalue weighted by Crippen LogP contribution is 2.30. The Hall–Kier alpha value is -1.35. The van der Waals surface area contributed by atoms with E-state index in [1.54, 1.807) is 0 Å². The van der Waals surface area contributed by atoms with Gasteiger partial charge in [-0.3, -0.25) is 4.79 Å². The zero-order chi connectivity index (χ0) is 10.8. The zero-order valence-electron chi connectivity index (χ0n) is 8.16. The second-order valence-electron chi connectivity index (χ2n) is 3.22. The minimum Gasteiger partial charge on any atom is -0.425 e. The molecule has 0 fully saturated rings. The van der Waals surface area contributed by atoms with Crippen molar-refractivity contribution in [1.29, 1.82) is 0 Å². The highest BCUT2D eigenvalue weighted by Gasteiger charge is 2.05.